The molecule has 0 amide bonds. The largest absolute Gasteiger partial charge is 0.497 e. The van der Waals surface area contributed by atoms with Crippen LogP contribution in [0, 0.1) is 5.92 Å². The fraction of sp³-hybridized carbons (Fsp3) is 0.667. The fourth-order valence-electron chi connectivity index (χ4n) is 3.65. The Morgan fingerprint density at radius 3 is 2.48 bits per heavy atom. The molecule has 1 saturated heterocycles. The number of methoxy groups -OCH3 is 1. The first-order valence-electron chi connectivity index (χ1n) is 9.74. The van der Waals surface area contributed by atoms with Crippen LogP contribution in [0.2, 0.25) is 0 Å². The number of guanidine groups is 1. The highest BCUT2D eigenvalue weighted by Crippen LogP contribution is 2.35. The minimum atomic E-state index is -0.000253. The monoisotopic (exact) mass is 488 g/mol. The van der Waals surface area contributed by atoms with Gasteiger partial charge in [-0.05, 0) is 77.7 Å². The molecule has 0 spiro atoms. The first-order valence-corrected chi connectivity index (χ1v) is 9.74. The van der Waals surface area contributed by atoms with Crippen LogP contribution in [0.4, 0.5) is 0 Å². The van der Waals surface area contributed by atoms with Crippen LogP contribution in [-0.2, 0) is 0 Å². The van der Waals surface area contributed by atoms with Gasteiger partial charge in [-0.3, -0.25) is 9.89 Å². The molecule has 154 valence electrons. The summed E-state index contributed by atoms with van der Waals surface area (Å²) >= 11 is 0. The third kappa shape index (κ3) is 7.49. The zero-order valence-electron chi connectivity index (χ0n) is 17.7. The summed E-state index contributed by atoms with van der Waals surface area (Å²) in [5, 5.41) is 6.85. The molecule has 1 aromatic carbocycles. The lowest BCUT2D eigenvalue weighted by Crippen LogP contribution is -2.48. The van der Waals surface area contributed by atoms with Crippen molar-refractivity contribution in [3.63, 3.8) is 0 Å². The van der Waals surface area contributed by atoms with Crippen molar-refractivity contribution in [2.45, 2.75) is 52.1 Å². The van der Waals surface area contributed by atoms with Crippen molar-refractivity contribution in [2.24, 2.45) is 10.9 Å². The second kappa shape index (κ2) is 11.1. The predicted octanol–water partition coefficient (Wildman–Crippen LogP) is 4.05. The molecule has 2 unspecified atom stereocenters. The van der Waals surface area contributed by atoms with Crippen molar-refractivity contribution in [1.29, 1.82) is 0 Å². The summed E-state index contributed by atoms with van der Waals surface area (Å²) in [6.45, 7) is 11.4. The van der Waals surface area contributed by atoms with Gasteiger partial charge in [-0.1, -0.05) is 12.1 Å². The number of nitrogens with zero attached hydrogens (tertiary/aromatic N) is 2. The van der Waals surface area contributed by atoms with Crippen LogP contribution in [0.5, 0.6) is 5.75 Å². The van der Waals surface area contributed by atoms with Gasteiger partial charge in [-0.15, -0.1) is 24.0 Å². The number of piperidine rings is 1. The second-order valence-electron chi connectivity index (χ2n) is 8.20. The Morgan fingerprint density at radius 1 is 1.26 bits per heavy atom. The Hall–Kier alpha value is -1.02. The maximum atomic E-state index is 5.31. The third-order valence-corrected chi connectivity index (χ3v) is 4.79. The number of halogens is 1. The summed E-state index contributed by atoms with van der Waals surface area (Å²) in [6.07, 6.45) is 2.44. The molecule has 2 rings (SSSR count). The Kier molecular flexibility index (Phi) is 9.87. The van der Waals surface area contributed by atoms with Gasteiger partial charge in [0.2, 0.25) is 0 Å². The van der Waals surface area contributed by atoms with Gasteiger partial charge in [-0.2, -0.15) is 0 Å². The molecule has 1 heterocycles. The number of aliphatic imine (C=N–C) groups is 1. The number of hydrogen-bond donors (Lipinski definition) is 2. The van der Waals surface area contributed by atoms with Gasteiger partial charge in [0, 0.05) is 24.7 Å². The zero-order valence-corrected chi connectivity index (χ0v) is 20.0. The first kappa shape index (κ1) is 24.0. The van der Waals surface area contributed by atoms with Crippen LogP contribution in [0.3, 0.4) is 0 Å². The number of ether oxygens (including phenoxy) is 1. The van der Waals surface area contributed by atoms with Crippen LogP contribution in [0.1, 0.15) is 52.1 Å². The van der Waals surface area contributed by atoms with E-state index in [0.29, 0.717) is 12.0 Å². The van der Waals surface area contributed by atoms with E-state index in [2.05, 4.69) is 74.5 Å². The fourth-order valence-corrected chi connectivity index (χ4v) is 3.65. The third-order valence-electron chi connectivity index (χ3n) is 4.79. The van der Waals surface area contributed by atoms with Crippen molar-refractivity contribution in [3.8, 4) is 5.75 Å². The van der Waals surface area contributed by atoms with E-state index in [0.717, 1.165) is 31.3 Å². The normalized spacial score (nSPS) is 21.3. The molecule has 0 aromatic heterocycles. The first-order chi connectivity index (χ1) is 12.3. The number of rotatable bonds is 5. The molecular formula is C21H37IN4O. The van der Waals surface area contributed by atoms with Gasteiger partial charge in [0.05, 0.1) is 7.11 Å². The molecule has 0 bridgehead atoms. The lowest BCUT2D eigenvalue weighted by molar-refractivity contribution is 0.125. The Labute approximate surface area is 182 Å². The smallest absolute Gasteiger partial charge is 0.191 e. The standard InChI is InChI=1S/C21H36N4O.HI/c1-7-22-20(24-21(2,3)4)23-15-17-9-8-14-25(5)19(17)16-10-12-18(26-6)13-11-16;/h10-13,17,19H,7-9,14-15H2,1-6H3,(H2,22,23,24);1H. The topological polar surface area (TPSA) is 48.9 Å². The molecule has 27 heavy (non-hydrogen) atoms. The number of benzene rings is 1. The Bertz CT molecular complexity index is 583. The molecule has 2 N–H and O–H groups in total. The molecule has 5 nitrogen and oxygen atoms in total. The van der Waals surface area contributed by atoms with Crippen molar-refractivity contribution < 1.29 is 4.74 Å². The molecule has 2 atom stereocenters. The molecule has 6 heteroatoms. The van der Waals surface area contributed by atoms with Gasteiger partial charge < -0.3 is 15.4 Å². The molecular weight excluding hydrogens is 451 g/mol. The highest BCUT2D eigenvalue weighted by atomic mass is 127. The molecule has 0 radical (unpaired) electrons. The maximum absolute atomic E-state index is 5.31. The van der Waals surface area contributed by atoms with Gasteiger partial charge in [0.25, 0.3) is 0 Å². The summed E-state index contributed by atoms with van der Waals surface area (Å²) < 4.78 is 5.31. The quantitative estimate of drug-likeness (QED) is 0.373. The lowest BCUT2D eigenvalue weighted by atomic mass is 9.85. The highest BCUT2D eigenvalue weighted by Gasteiger charge is 2.30. The van der Waals surface area contributed by atoms with Crippen LogP contribution >= 0.6 is 24.0 Å². The van der Waals surface area contributed by atoms with Gasteiger partial charge in [-0.25, -0.2) is 0 Å². The van der Waals surface area contributed by atoms with Gasteiger partial charge >= 0.3 is 0 Å². The van der Waals surface area contributed by atoms with Gasteiger partial charge in [0.1, 0.15) is 5.75 Å². The minimum absolute atomic E-state index is 0. The molecule has 1 fully saturated rings. The number of likely N-dealkylation sites (tertiary alicyclic amines) is 1. The summed E-state index contributed by atoms with van der Waals surface area (Å²) in [7, 11) is 3.94. The average Bonchev–Trinajstić information content (AvgIpc) is 2.59. The van der Waals surface area contributed by atoms with E-state index in [4.69, 9.17) is 9.73 Å². The van der Waals surface area contributed by atoms with E-state index in [1.165, 1.54) is 18.4 Å². The minimum Gasteiger partial charge on any atom is -0.497 e. The van der Waals surface area contributed by atoms with E-state index < -0.39 is 0 Å². The van der Waals surface area contributed by atoms with Crippen molar-refractivity contribution in [3.05, 3.63) is 29.8 Å². The van der Waals surface area contributed by atoms with E-state index >= 15 is 0 Å². The summed E-state index contributed by atoms with van der Waals surface area (Å²) in [6, 6.07) is 8.91. The SMILES string of the molecule is CCNC(=NCC1CCCN(C)C1c1ccc(OC)cc1)NC(C)(C)C.I. The highest BCUT2D eigenvalue weighted by molar-refractivity contribution is 14.0. The van der Waals surface area contributed by atoms with Crippen molar-refractivity contribution in [2.75, 3.05) is 33.8 Å². The summed E-state index contributed by atoms with van der Waals surface area (Å²) in [4.78, 5) is 7.38. The summed E-state index contributed by atoms with van der Waals surface area (Å²) in [5.74, 6) is 2.32. The van der Waals surface area contributed by atoms with Gasteiger partial charge in [0.15, 0.2) is 5.96 Å². The maximum Gasteiger partial charge on any atom is 0.191 e. The molecule has 1 aliphatic heterocycles. The lowest BCUT2D eigenvalue weighted by Gasteiger charge is -2.39. The van der Waals surface area contributed by atoms with Crippen molar-refractivity contribution in [1.82, 2.24) is 15.5 Å². The number of nitrogens with one attached hydrogen (secondary N) is 2. The van der Waals surface area contributed by atoms with Crippen LogP contribution in [0.15, 0.2) is 29.3 Å². The molecule has 0 saturated carbocycles. The number of hydrogen-bond acceptors (Lipinski definition) is 3. The van der Waals surface area contributed by atoms with E-state index in [1.807, 2.05) is 0 Å². The van der Waals surface area contributed by atoms with E-state index in [1.54, 1.807) is 7.11 Å². The van der Waals surface area contributed by atoms with E-state index in [-0.39, 0.29) is 29.5 Å². The molecule has 1 aromatic rings. The molecule has 1 aliphatic rings. The predicted molar refractivity (Wildman–Crippen MR) is 125 cm³/mol. The average molecular weight is 488 g/mol. The second-order valence-corrected chi connectivity index (χ2v) is 8.20. The molecule has 0 aliphatic carbocycles. The Balaban J connectivity index is 0.00000364. The van der Waals surface area contributed by atoms with Crippen LogP contribution in [-0.4, -0.2) is 50.2 Å². The zero-order chi connectivity index (χ0) is 19.2. The van der Waals surface area contributed by atoms with Crippen molar-refractivity contribution >= 4 is 29.9 Å². The van der Waals surface area contributed by atoms with Crippen LogP contribution in [0.25, 0.3) is 0 Å². The Morgan fingerprint density at radius 2 is 1.93 bits per heavy atom. The van der Waals surface area contributed by atoms with E-state index in [9.17, 15) is 0 Å². The van der Waals surface area contributed by atoms with Crippen LogP contribution < -0.4 is 15.4 Å². The summed E-state index contributed by atoms with van der Waals surface area (Å²) in [5.41, 5.74) is 1.35.